The molecule has 1 saturated heterocycles. The molecule has 5 rings (SSSR count). The molecule has 136 valence electrons. The van der Waals surface area contributed by atoms with Crippen LogP contribution >= 0.6 is 0 Å². The fourth-order valence-corrected chi connectivity index (χ4v) is 6.58. The molecule has 0 amide bonds. The molecule has 0 spiro atoms. The van der Waals surface area contributed by atoms with Crippen molar-refractivity contribution < 1.29 is 9.47 Å². The van der Waals surface area contributed by atoms with Crippen molar-refractivity contribution in [1.82, 2.24) is 4.90 Å². The largest absolute Gasteiger partial charge is 0.496 e. The lowest BCUT2D eigenvalue weighted by Crippen LogP contribution is -2.73. The average molecular weight is 341 g/mol. The molecule has 2 bridgehead atoms. The van der Waals surface area contributed by atoms with E-state index in [0.717, 1.165) is 18.1 Å². The minimum atomic E-state index is -0.0278. The molecule has 1 aliphatic heterocycles. The van der Waals surface area contributed by atoms with Gasteiger partial charge in [-0.25, -0.2) is 0 Å². The van der Waals surface area contributed by atoms with Gasteiger partial charge in [-0.15, -0.1) is 0 Å². The van der Waals surface area contributed by atoms with Crippen LogP contribution in [0.3, 0.4) is 0 Å². The van der Waals surface area contributed by atoms with Gasteiger partial charge in [0.15, 0.2) is 0 Å². The Morgan fingerprint density at radius 2 is 1.96 bits per heavy atom. The SMILES string of the molecule is COc1cccc2c1[C@@]13CCCC[C@@]1(OC)[C@H](C2)N(CC1CC1)CC3. The summed E-state index contributed by atoms with van der Waals surface area (Å²) < 4.78 is 12.4. The Bertz CT molecular complexity index is 670. The second-order valence-corrected chi connectivity index (χ2v) is 8.79. The highest BCUT2D eigenvalue weighted by atomic mass is 16.5. The molecule has 1 aromatic carbocycles. The van der Waals surface area contributed by atoms with Gasteiger partial charge in [-0.2, -0.15) is 0 Å². The Hall–Kier alpha value is -1.06. The zero-order valence-electron chi connectivity index (χ0n) is 15.7. The van der Waals surface area contributed by atoms with Gasteiger partial charge in [-0.05, 0) is 62.6 Å². The van der Waals surface area contributed by atoms with E-state index in [4.69, 9.17) is 9.47 Å². The van der Waals surface area contributed by atoms with Crippen molar-refractivity contribution in [2.75, 3.05) is 27.3 Å². The van der Waals surface area contributed by atoms with Crippen molar-refractivity contribution in [2.45, 2.75) is 68.4 Å². The first kappa shape index (κ1) is 16.1. The van der Waals surface area contributed by atoms with E-state index in [1.54, 1.807) is 0 Å². The molecule has 3 atom stereocenters. The maximum Gasteiger partial charge on any atom is 0.123 e. The third-order valence-corrected chi connectivity index (χ3v) is 7.79. The Labute approximate surface area is 151 Å². The van der Waals surface area contributed by atoms with E-state index in [-0.39, 0.29) is 11.0 Å². The van der Waals surface area contributed by atoms with Gasteiger partial charge in [0.2, 0.25) is 0 Å². The molecule has 25 heavy (non-hydrogen) atoms. The maximum atomic E-state index is 6.53. The van der Waals surface area contributed by atoms with Crippen LogP contribution in [0.4, 0.5) is 0 Å². The van der Waals surface area contributed by atoms with Crippen LogP contribution in [-0.4, -0.2) is 43.9 Å². The number of fused-ring (bicyclic) bond motifs is 1. The minimum absolute atomic E-state index is 0.0278. The molecule has 3 fully saturated rings. The fraction of sp³-hybridized carbons (Fsp3) is 0.727. The summed E-state index contributed by atoms with van der Waals surface area (Å²) in [6, 6.07) is 7.23. The summed E-state index contributed by atoms with van der Waals surface area (Å²) in [7, 11) is 3.81. The van der Waals surface area contributed by atoms with Crippen molar-refractivity contribution in [2.24, 2.45) is 5.92 Å². The van der Waals surface area contributed by atoms with E-state index >= 15 is 0 Å². The Morgan fingerprint density at radius 3 is 2.72 bits per heavy atom. The summed E-state index contributed by atoms with van der Waals surface area (Å²) in [6.45, 7) is 2.51. The Morgan fingerprint density at radius 1 is 1.12 bits per heavy atom. The zero-order chi connectivity index (χ0) is 17.1. The number of methoxy groups -OCH3 is 2. The molecule has 1 heterocycles. The first-order valence-corrected chi connectivity index (χ1v) is 10.2. The lowest BCUT2D eigenvalue weighted by molar-refractivity contribution is -0.186. The van der Waals surface area contributed by atoms with Crippen molar-refractivity contribution in [1.29, 1.82) is 0 Å². The quantitative estimate of drug-likeness (QED) is 0.828. The fourth-order valence-electron chi connectivity index (χ4n) is 6.58. The van der Waals surface area contributed by atoms with E-state index in [1.165, 1.54) is 69.2 Å². The molecule has 0 N–H and O–H groups in total. The van der Waals surface area contributed by atoms with Crippen molar-refractivity contribution >= 4 is 0 Å². The number of ether oxygens (including phenoxy) is 2. The zero-order valence-corrected chi connectivity index (χ0v) is 15.7. The third kappa shape index (κ3) is 2.12. The predicted molar refractivity (Wildman–Crippen MR) is 99.3 cm³/mol. The summed E-state index contributed by atoms with van der Waals surface area (Å²) in [5.74, 6) is 2.03. The lowest BCUT2D eigenvalue weighted by atomic mass is 9.49. The molecule has 0 aromatic heterocycles. The molecule has 3 aliphatic carbocycles. The van der Waals surface area contributed by atoms with E-state index in [0.29, 0.717) is 6.04 Å². The molecule has 3 nitrogen and oxygen atoms in total. The Balaban J connectivity index is 1.68. The van der Waals surface area contributed by atoms with Crippen LogP contribution in [0, 0.1) is 5.92 Å². The number of hydrogen-bond acceptors (Lipinski definition) is 3. The summed E-state index contributed by atoms with van der Waals surface area (Å²) in [5.41, 5.74) is 3.12. The maximum absolute atomic E-state index is 6.53. The van der Waals surface area contributed by atoms with Crippen LogP contribution in [0.15, 0.2) is 18.2 Å². The number of rotatable bonds is 4. The van der Waals surface area contributed by atoms with Gasteiger partial charge in [0.1, 0.15) is 5.75 Å². The normalized spacial score (nSPS) is 37.3. The van der Waals surface area contributed by atoms with Gasteiger partial charge in [-0.3, -0.25) is 4.90 Å². The smallest absolute Gasteiger partial charge is 0.123 e. The first-order valence-electron chi connectivity index (χ1n) is 10.2. The van der Waals surface area contributed by atoms with Crippen LogP contribution in [0.1, 0.15) is 56.1 Å². The van der Waals surface area contributed by atoms with Crippen LogP contribution in [0.2, 0.25) is 0 Å². The molecule has 3 heteroatoms. The molecule has 0 radical (unpaired) electrons. The third-order valence-electron chi connectivity index (χ3n) is 7.79. The lowest BCUT2D eigenvalue weighted by Gasteiger charge is -2.65. The number of piperidine rings is 1. The average Bonchev–Trinajstić information content (AvgIpc) is 3.47. The van der Waals surface area contributed by atoms with Gasteiger partial charge >= 0.3 is 0 Å². The standard InChI is InChI=1S/C22H31NO2/c1-24-18-7-5-6-17-14-19-22(25-2)11-4-3-10-21(22,20(17)18)12-13-23(19)15-16-8-9-16/h5-7,16,19H,3-4,8-15H2,1-2H3/t19-,21-,22+/m0/s1. The summed E-state index contributed by atoms with van der Waals surface area (Å²) in [5, 5.41) is 0. The summed E-state index contributed by atoms with van der Waals surface area (Å²) >= 11 is 0. The molecule has 0 unspecified atom stereocenters. The number of benzene rings is 1. The highest BCUT2D eigenvalue weighted by Crippen LogP contribution is 2.61. The van der Waals surface area contributed by atoms with Crippen LogP contribution in [0.5, 0.6) is 5.75 Å². The first-order chi connectivity index (χ1) is 12.2. The monoisotopic (exact) mass is 341 g/mol. The van der Waals surface area contributed by atoms with Crippen LogP contribution in [0.25, 0.3) is 0 Å². The number of likely N-dealkylation sites (tertiary alicyclic amines) is 1. The van der Waals surface area contributed by atoms with E-state index in [9.17, 15) is 0 Å². The van der Waals surface area contributed by atoms with Gasteiger partial charge in [0.25, 0.3) is 0 Å². The topological polar surface area (TPSA) is 21.7 Å². The molecule has 4 aliphatic rings. The van der Waals surface area contributed by atoms with Gasteiger partial charge in [-0.1, -0.05) is 25.0 Å². The van der Waals surface area contributed by atoms with Crippen LogP contribution < -0.4 is 4.74 Å². The highest BCUT2D eigenvalue weighted by Gasteiger charge is 2.65. The van der Waals surface area contributed by atoms with Crippen molar-refractivity contribution in [3.63, 3.8) is 0 Å². The van der Waals surface area contributed by atoms with Crippen molar-refractivity contribution in [3.8, 4) is 5.75 Å². The summed E-state index contributed by atoms with van der Waals surface area (Å²) in [4.78, 5) is 2.80. The number of hydrogen-bond donors (Lipinski definition) is 0. The molecule has 1 aromatic rings. The van der Waals surface area contributed by atoms with Gasteiger partial charge < -0.3 is 9.47 Å². The van der Waals surface area contributed by atoms with Crippen LogP contribution in [-0.2, 0) is 16.6 Å². The Kier molecular flexibility index (Phi) is 3.69. The second kappa shape index (κ2) is 5.72. The molecular formula is C22H31NO2. The highest BCUT2D eigenvalue weighted by molar-refractivity contribution is 5.52. The predicted octanol–water partition coefficient (Wildman–Crippen LogP) is 3.93. The van der Waals surface area contributed by atoms with Crippen molar-refractivity contribution in [3.05, 3.63) is 29.3 Å². The molecular weight excluding hydrogens is 310 g/mol. The second-order valence-electron chi connectivity index (χ2n) is 8.79. The number of nitrogens with zero attached hydrogens (tertiary/aromatic N) is 1. The minimum Gasteiger partial charge on any atom is -0.496 e. The van der Waals surface area contributed by atoms with E-state index in [1.807, 2.05) is 14.2 Å². The summed E-state index contributed by atoms with van der Waals surface area (Å²) in [6.07, 6.45) is 10.3. The van der Waals surface area contributed by atoms with Gasteiger partial charge in [0, 0.05) is 30.7 Å². The molecule has 2 saturated carbocycles. The van der Waals surface area contributed by atoms with E-state index in [2.05, 4.69) is 23.1 Å². The van der Waals surface area contributed by atoms with Gasteiger partial charge in [0.05, 0.1) is 12.7 Å². The van der Waals surface area contributed by atoms with E-state index < -0.39 is 0 Å².